The largest absolute Gasteiger partial charge is 0.342 e. The molecule has 2 saturated heterocycles. The Morgan fingerprint density at radius 3 is 2.46 bits per heavy atom. The number of carbonyl (C=O) groups excluding carboxylic acids is 3. The van der Waals surface area contributed by atoms with Crippen molar-refractivity contribution in [3.63, 3.8) is 0 Å². The highest BCUT2D eigenvalue weighted by Gasteiger charge is 2.29. The molecule has 0 spiro atoms. The van der Waals surface area contributed by atoms with Crippen LogP contribution in [-0.4, -0.2) is 42.3 Å². The number of rotatable bonds is 4. The van der Waals surface area contributed by atoms with Crippen molar-refractivity contribution >= 4 is 29.1 Å². The van der Waals surface area contributed by atoms with Gasteiger partial charge in [-0.15, -0.1) is 0 Å². The van der Waals surface area contributed by atoms with Crippen LogP contribution in [-0.2, 0) is 14.4 Å². The summed E-state index contributed by atoms with van der Waals surface area (Å²) in [6.07, 6.45) is 3.15. The first-order chi connectivity index (χ1) is 12.5. The molecule has 1 N–H and O–H groups in total. The van der Waals surface area contributed by atoms with Crippen molar-refractivity contribution < 1.29 is 14.4 Å². The second kappa shape index (κ2) is 7.89. The van der Waals surface area contributed by atoms with Gasteiger partial charge in [-0.3, -0.25) is 14.4 Å². The normalized spacial score (nSPS) is 20.6. The average molecular weight is 357 g/mol. The minimum atomic E-state index is -0.175. The monoisotopic (exact) mass is 357 g/mol. The smallest absolute Gasteiger partial charge is 0.229 e. The fraction of sp³-hybridized carbons (Fsp3) is 0.550. The second-order valence-electron chi connectivity index (χ2n) is 7.46. The Balaban J connectivity index is 1.59. The quantitative estimate of drug-likeness (QED) is 0.901. The number of piperidine rings is 1. The van der Waals surface area contributed by atoms with Crippen molar-refractivity contribution in [2.75, 3.05) is 29.9 Å². The number of likely N-dealkylation sites (tertiary alicyclic amines) is 1. The third-order valence-electron chi connectivity index (χ3n) is 5.12. The first-order valence-corrected chi connectivity index (χ1v) is 9.46. The van der Waals surface area contributed by atoms with Crippen LogP contribution >= 0.6 is 0 Å². The maximum absolute atomic E-state index is 12.6. The van der Waals surface area contributed by atoms with Crippen molar-refractivity contribution in [1.29, 1.82) is 0 Å². The van der Waals surface area contributed by atoms with Crippen LogP contribution in [0.4, 0.5) is 11.4 Å². The van der Waals surface area contributed by atoms with Crippen LogP contribution < -0.4 is 10.2 Å². The average Bonchev–Trinajstić information content (AvgIpc) is 3.07. The first kappa shape index (κ1) is 18.4. The van der Waals surface area contributed by atoms with Gasteiger partial charge >= 0.3 is 0 Å². The molecule has 0 saturated carbocycles. The lowest BCUT2D eigenvalue weighted by molar-refractivity contribution is -0.137. The van der Waals surface area contributed by atoms with E-state index in [2.05, 4.69) is 5.32 Å². The Kier molecular flexibility index (Phi) is 5.59. The van der Waals surface area contributed by atoms with Crippen molar-refractivity contribution in [3.8, 4) is 0 Å². The van der Waals surface area contributed by atoms with Gasteiger partial charge in [0.25, 0.3) is 0 Å². The molecule has 0 aromatic heterocycles. The fourth-order valence-electron chi connectivity index (χ4n) is 3.65. The molecule has 0 aliphatic carbocycles. The summed E-state index contributed by atoms with van der Waals surface area (Å²) in [6.45, 7) is 5.76. The van der Waals surface area contributed by atoms with E-state index in [4.69, 9.17) is 0 Å². The summed E-state index contributed by atoms with van der Waals surface area (Å²) in [5, 5.41) is 2.95. The molecule has 2 fully saturated rings. The molecule has 1 atom stereocenters. The molecule has 1 aromatic carbocycles. The predicted molar refractivity (Wildman–Crippen MR) is 101 cm³/mol. The minimum absolute atomic E-state index is 0.0438. The van der Waals surface area contributed by atoms with Crippen molar-refractivity contribution in [1.82, 2.24) is 4.90 Å². The number of benzene rings is 1. The Morgan fingerprint density at radius 1 is 1.12 bits per heavy atom. The summed E-state index contributed by atoms with van der Waals surface area (Å²) in [6, 6.07) is 7.40. The van der Waals surface area contributed by atoms with Crippen LogP contribution in [0.1, 0.15) is 39.5 Å². The molecule has 2 aliphatic rings. The van der Waals surface area contributed by atoms with Crippen LogP contribution in [0.5, 0.6) is 0 Å². The number of nitrogens with zero attached hydrogens (tertiary/aromatic N) is 2. The molecule has 0 unspecified atom stereocenters. The topological polar surface area (TPSA) is 69.7 Å². The number of anilines is 2. The molecule has 0 radical (unpaired) electrons. The number of amides is 3. The van der Waals surface area contributed by atoms with Gasteiger partial charge in [-0.05, 0) is 43.5 Å². The van der Waals surface area contributed by atoms with E-state index in [1.54, 1.807) is 9.80 Å². The van der Waals surface area contributed by atoms with Crippen LogP contribution in [0.3, 0.4) is 0 Å². The second-order valence-corrected chi connectivity index (χ2v) is 7.46. The van der Waals surface area contributed by atoms with E-state index in [1.165, 1.54) is 0 Å². The highest BCUT2D eigenvalue weighted by atomic mass is 16.2. The van der Waals surface area contributed by atoms with E-state index < -0.39 is 0 Å². The van der Waals surface area contributed by atoms with Gasteiger partial charge < -0.3 is 15.1 Å². The maximum Gasteiger partial charge on any atom is 0.229 e. The zero-order valence-electron chi connectivity index (χ0n) is 15.5. The highest BCUT2D eigenvalue weighted by Crippen LogP contribution is 2.24. The van der Waals surface area contributed by atoms with Gasteiger partial charge in [-0.25, -0.2) is 0 Å². The highest BCUT2D eigenvalue weighted by molar-refractivity contribution is 5.96. The Labute approximate surface area is 154 Å². The summed E-state index contributed by atoms with van der Waals surface area (Å²) >= 11 is 0. The molecule has 26 heavy (non-hydrogen) atoms. The van der Waals surface area contributed by atoms with Gasteiger partial charge in [-0.1, -0.05) is 13.8 Å². The standard InChI is InChI=1S/C20H27N3O3/c1-14(2)20(26)22-11-3-5-15(13-22)19(25)21-16-7-9-17(10-8-16)23-12-4-6-18(23)24/h7-10,14-15H,3-6,11-13H2,1-2H3,(H,21,25)/t15-/m1/s1. The van der Waals surface area contributed by atoms with Gasteiger partial charge in [0.2, 0.25) is 17.7 Å². The molecule has 2 aliphatic heterocycles. The van der Waals surface area contributed by atoms with E-state index >= 15 is 0 Å². The minimum Gasteiger partial charge on any atom is -0.342 e. The summed E-state index contributed by atoms with van der Waals surface area (Å²) < 4.78 is 0. The number of nitrogens with one attached hydrogen (secondary N) is 1. The molecule has 1 aromatic rings. The summed E-state index contributed by atoms with van der Waals surface area (Å²) in [5.74, 6) is 0.00114. The number of carbonyl (C=O) groups is 3. The molecular weight excluding hydrogens is 330 g/mol. The zero-order chi connectivity index (χ0) is 18.7. The van der Waals surface area contributed by atoms with Gasteiger partial charge in [-0.2, -0.15) is 0 Å². The van der Waals surface area contributed by atoms with E-state index in [9.17, 15) is 14.4 Å². The summed E-state index contributed by atoms with van der Waals surface area (Å²) in [5.41, 5.74) is 1.59. The van der Waals surface area contributed by atoms with E-state index in [0.717, 1.165) is 43.7 Å². The summed E-state index contributed by atoms with van der Waals surface area (Å²) in [4.78, 5) is 40.1. The van der Waals surface area contributed by atoms with E-state index in [-0.39, 0.29) is 29.6 Å². The van der Waals surface area contributed by atoms with Gasteiger partial charge in [0.05, 0.1) is 5.92 Å². The first-order valence-electron chi connectivity index (χ1n) is 9.46. The Hall–Kier alpha value is -2.37. The molecule has 2 heterocycles. The molecule has 0 bridgehead atoms. The lowest BCUT2D eigenvalue weighted by Gasteiger charge is -2.33. The molecule has 6 heteroatoms. The van der Waals surface area contributed by atoms with Gasteiger partial charge in [0.1, 0.15) is 0 Å². The van der Waals surface area contributed by atoms with E-state index in [0.29, 0.717) is 13.0 Å². The van der Waals surface area contributed by atoms with Gasteiger partial charge in [0.15, 0.2) is 0 Å². The molecular formula is C20H27N3O3. The summed E-state index contributed by atoms with van der Waals surface area (Å²) in [7, 11) is 0. The molecule has 3 amide bonds. The predicted octanol–water partition coefficient (Wildman–Crippen LogP) is 2.65. The van der Waals surface area contributed by atoms with Crippen LogP contribution in [0.15, 0.2) is 24.3 Å². The van der Waals surface area contributed by atoms with E-state index in [1.807, 2.05) is 38.1 Å². The lowest BCUT2D eigenvalue weighted by atomic mass is 9.96. The van der Waals surface area contributed by atoms with Gasteiger partial charge in [0, 0.05) is 43.3 Å². The SMILES string of the molecule is CC(C)C(=O)N1CCC[C@@H](C(=O)Nc2ccc(N3CCCC3=O)cc2)C1. The van der Waals surface area contributed by atoms with Crippen molar-refractivity contribution in [3.05, 3.63) is 24.3 Å². The van der Waals surface area contributed by atoms with Crippen molar-refractivity contribution in [2.24, 2.45) is 11.8 Å². The fourth-order valence-corrected chi connectivity index (χ4v) is 3.65. The maximum atomic E-state index is 12.6. The van der Waals surface area contributed by atoms with Crippen LogP contribution in [0.2, 0.25) is 0 Å². The third-order valence-corrected chi connectivity index (χ3v) is 5.12. The van der Waals surface area contributed by atoms with Crippen molar-refractivity contribution in [2.45, 2.75) is 39.5 Å². The number of hydrogen-bond acceptors (Lipinski definition) is 3. The Bertz CT molecular complexity index is 684. The lowest BCUT2D eigenvalue weighted by Crippen LogP contribution is -2.45. The zero-order valence-corrected chi connectivity index (χ0v) is 15.5. The molecule has 140 valence electrons. The van der Waals surface area contributed by atoms with Crippen LogP contribution in [0, 0.1) is 11.8 Å². The third kappa shape index (κ3) is 4.06. The Morgan fingerprint density at radius 2 is 1.85 bits per heavy atom. The molecule has 3 rings (SSSR count). The van der Waals surface area contributed by atoms with Crippen LogP contribution in [0.25, 0.3) is 0 Å². The molecule has 6 nitrogen and oxygen atoms in total. The number of hydrogen-bond donors (Lipinski definition) is 1.